The van der Waals surface area contributed by atoms with Crippen molar-refractivity contribution < 1.29 is 0 Å². The minimum atomic E-state index is -1.50. The maximum atomic E-state index is 9.81. The Morgan fingerprint density at radius 1 is 1.13 bits per heavy atom. The maximum absolute atomic E-state index is 9.81. The molecular formula is C18H13IN4. The number of nitrogens with two attached hydrogens (primary N) is 1. The number of hydrogen-bond donors (Lipinski definition) is 1. The van der Waals surface area contributed by atoms with Gasteiger partial charge in [0.15, 0.2) is 5.41 Å². The monoisotopic (exact) mass is 412 g/mol. The zero-order valence-corrected chi connectivity index (χ0v) is 14.4. The first-order chi connectivity index (χ1) is 11.1. The van der Waals surface area contributed by atoms with Crippen LogP contribution in [0.25, 0.3) is 0 Å². The molecule has 2 aliphatic rings. The second-order valence-electron chi connectivity index (χ2n) is 5.80. The maximum Gasteiger partial charge on any atom is 0.191 e. The molecule has 0 amide bonds. The first kappa shape index (κ1) is 15.6. The third kappa shape index (κ3) is 2.14. The minimum Gasteiger partial charge on any atom is -0.399 e. The highest BCUT2D eigenvalue weighted by Crippen LogP contribution is 2.56. The molecule has 0 saturated heterocycles. The summed E-state index contributed by atoms with van der Waals surface area (Å²) in [6.07, 6.45) is 3.69. The number of nitrogens with zero attached hydrogens (tertiary/aromatic N) is 3. The molecule has 5 heteroatoms. The van der Waals surface area contributed by atoms with Crippen LogP contribution in [-0.2, 0) is 0 Å². The molecule has 2 N–H and O–H groups in total. The quantitative estimate of drug-likeness (QED) is 0.714. The fraction of sp³-hybridized carbons (Fsp3) is 0.278. The number of fused-ring (bicyclic) bond motifs is 1. The van der Waals surface area contributed by atoms with Crippen molar-refractivity contribution in [3.05, 3.63) is 56.3 Å². The average Bonchev–Trinajstić information content (AvgIpc) is 3.04. The lowest BCUT2D eigenvalue weighted by atomic mass is 9.59. The van der Waals surface area contributed by atoms with Gasteiger partial charge in [-0.15, -0.1) is 0 Å². The van der Waals surface area contributed by atoms with Gasteiger partial charge in [-0.1, -0.05) is 18.2 Å². The van der Waals surface area contributed by atoms with Crippen molar-refractivity contribution >= 4 is 22.6 Å². The highest BCUT2D eigenvalue weighted by molar-refractivity contribution is 14.1. The van der Waals surface area contributed by atoms with Crippen molar-refractivity contribution in [2.45, 2.75) is 18.8 Å². The van der Waals surface area contributed by atoms with Crippen LogP contribution in [0.1, 0.15) is 24.3 Å². The average molecular weight is 412 g/mol. The van der Waals surface area contributed by atoms with E-state index in [0.717, 1.165) is 27.5 Å². The Kier molecular flexibility index (Phi) is 3.88. The fourth-order valence-electron chi connectivity index (χ4n) is 3.74. The summed E-state index contributed by atoms with van der Waals surface area (Å²) < 4.78 is 1.09. The Labute approximate surface area is 148 Å². The summed E-state index contributed by atoms with van der Waals surface area (Å²) in [5, 5.41) is 29.1. The summed E-state index contributed by atoms with van der Waals surface area (Å²) in [5.41, 5.74) is 6.91. The predicted molar refractivity (Wildman–Crippen MR) is 93.2 cm³/mol. The van der Waals surface area contributed by atoms with Crippen molar-refractivity contribution in [2.24, 2.45) is 17.1 Å². The number of benzene rings is 1. The molecule has 0 bridgehead atoms. The first-order valence-corrected chi connectivity index (χ1v) is 8.35. The van der Waals surface area contributed by atoms with E-state index in [1.165, 1.54) is 0 Å². The molecule has 0 aromatic heterocycles. The number of nitriles is 3. The standard InChI is InChI=1S/C18H13IN4/c19-12-6-4-11(5-7-12)16-14-3-1-2-13(14)15(8-20)17(23)18(16,9-21)10-22/h2,4-7,14,16H,1,3,23H2/t14-,16+/m0/s1. The molecule has 2 aliphatic carbocycles. The van der Waals surface area contributed by atoms with Crippen LogP contribution in [0.2, 0.25) is 0 Å². The Bertz CT molecular complexity index is 829. The van der Waals surface area contributed by atoms with Gasteiger partial charge in [-0.3, -0.25) is 0 Å². The number of allylic oxidation sites excluding steroid dienone is 4. The number of halogens is 1. The molecule has 0 spiro atoms. The molecule has 23 heavy (non-hydrogen) atoms. The van der Waals surface area contributed by atoms with Gasteiger partial charge in [-0.05, 0) is 64.6 Å². The van der Waals surface area contributed by atoms with Crippen LogP contribution in [-0.4, -0.2) is 0 Å². The molecule has 3 rings (SSSR count). The number of rotatable bonds is 1. The highest BCUT2D eigenvalue weighted by atomic mass is 127. The van der Waals surface area contributed by atoms with E-state index >= 15 is 0 Å². The summed E-state index contributed by atoms with van der Waals surface area (Å²) in [4.78, 5) is 0. The summed E-state index contributed by atoms with van der Waals surface area (Å²) >= 11 is 2.22. The number of hydrogen-bond acceptors (Lipinski definition) is 4. The van der Waals surface area contributed by atoms with Crippen molar-refractivity contribution in [3.63, 3.8) is 0 Å². The van der Waals surface area contributed by atoms with Crippen LogP contribution in [0.15, 0.2) is 47.2 Å². The van der Waals surface area contributed by atoms with Gasteiger partial charge in [-0.25, -0.2) is 0 Å². The lowest BCUT2D eigenvalue weighted by Crippen LogP contribution is -2.41. The normalized spacial score (nSPS) is 24.9. The van der Waals surface area contributed by atoms with Crippen molar-refractivity contribution in [2.75, 3.05) is 0 Å². The van der Waals surface area contributed by atoms with Crippen LogP contribution < -0.4 is 5.73 Å². The molecule has 0 heterocycles. The largest absolute Gasteiger partial charge is 0.399 e. The summed E-state index contributed by atoms with van der Waals surface area (Å²) in [7, 11) is 0. The van der Waals surface area contributed by atoms with E-state index in [9.17, 15) is 15.8 Å². The molecule has 112 valence electrons. The summed E-state index contributed by atoms with van der Waals surface area (Å²) in [6, 6.07) is 14.2. The lowest BCUT2D eigenvalue weighted by Gasteiger charge is -2.40. The van der Waals surface area contributed by atoms with Crippen molar-refractivity contribution in [1.29, 1.82) is 15.8 Å². The summed E-state index contributed by atoms with van der Waals surface area (Å²) in [5.74, 6) is -0.364. The molecule has 1 aromatic carbocycles. The molecular weight excluding hydrogens is 399 g/mol. The van der Waals surface area contributed by atoms with E-state index in [1.54, 1.807) is 0 Å². The van der Waals surface area contributed by atoms with Gasteiger partial charge >= 0.3 is 0 Å². The van der Waals surface area contributed by atoms with Gasteiger partial charge < -0.3 is 5.73 Å². The molecule has 0 aliphatic heterocycles. The van der Waals surface area contributed by atoms with Crippen LogP contribution in [0.5, 0.6) is 0 Å². The molecule has 1 aromatic rings. The molecule has 0 radical (unpaired) electrons. The van der Waals surface area contributed by atoms with Gasteiger partial charge in [0.25, 0.3) is 0 Å². The second-order valence-corrected chi connectivity index (χ2v) is 7.05. The zero-order chi connectivity index (χ0) is 16.6. The van der Waals surface area contributed by atoms with Crippen LogP contribution in [0.3, 0.4) is 0 Å². The Balaban J connectivity index is 2.29. The topological polar surface area (TPSA) is 97.4 Å². The van der Waals surface area contributed by atoms with Gasteiger partial charge in [0.1, 0.15) is 6.07 Å². The summed E-state index contributed by atoms with van der Waals surface area (Å²) in [6.45, 7) is 0. The third-order valence-electron chi connectivity index (χ3n) is 4.79. The van der Waals surface area contributed by atoms with Crippen molar-refractivity contribution in [1.82, 2.24) is 0 Å². The minimum absolute atomic E-state index is 0.0173. The predicted octanol–water partition coefficient (Wildman–Crippen LogP) is 3.49. The van der Waals surface area contributed by atoms with E-state index in [4.69, 9.17) is 5.73 Å². The molecule has 0 unspecified atom stereocenters. The van der Waals surface area contributed by atoms with E-state index in [2.05, 4.69) is 40.8 Å². The molecule has 4 nitrogen and oxygen atoms in total. The Morgan fingerprint density at radius 2 is 1.78 bits per heavy atom. The molecule has 0 fully saturated rings. The smallest absolute Gasteiger partial charge is 0.191 e. The lowest BCUT2D eigenvalue weighted by molar-refractivity contribution is 0.345. The van der Waals surface area contributed by atoms with E-state index in [1.807, 2.05) is 30.3 Å². The van der Waals surface area contributed by atoms with Crippen LogP contribution >= 0.6 is 22.6 Å². The molecule has 2 atom stereocenters. The zero-order valence-electron chi connectivity index (χ0n) is 12.3. The first-order valence-electron chi connectivity index (χ1n) is 7.27. The van der Waals surface area contributed by atoms with Gasteiger partial charge in [0.2, 0.25) is 0 Å². The Morgan fingerprint density at radius 3 is 2.35 bits per heavy atom. The van der Waals surface area contributed by atoms with Gasteiger partial charge in [-0.2, -0.15) is 15.8 Å². The van der Waals surface area contributed by atoms with E-state index in [-0.39, 0.29) is 17.5 Å². The van der Waals surface area contributed by atoms with E-state index < -0.39 is 5.41 Å². The fourth-order valence-corrected chi connectivity index (χ4v) is 4.10. The second kappa shape index (κ2) is 5.72. The van der Waals surface area contributed by atoms with Gasteiger partial charge in [0, 0.05) is 9.49 Å². The van der Waals surface area contributed by atoms with Crippen LogP contribution in [0, 0.1) is 48.9 Å². The Hall–Kier alpha value is -2.30. The van der Waals surface area contributed by atoms with Crippen molar-refractivity contribution in [3.8, 4) is 18.2 Å². The van der Waals surface area contributed by atoms with Gasteiger partial charge in [0.05, 0.1) is 23.4 Å². The van der Waals surface area contributed by atoms with E-state index in [0.29, 0.717) is 5.57 Å². The molecule has 0 saturated carbocycles. The third-order valence-corrected chi connectivity index (χ3v) is 5.51. The highest BCUT2D eigenvalue weighted by Gasteiger charge is 2.54. The SMILES string of the molecule is N#CC1=C(N)C(C#N)(C#N)[C@H](c2ccc(I)cc2)[C@H]2CCC=C12. The van der Waals surface area contributed by atoms with Crippen LogP contribution in [0.4, 0.5) is 0 Å².